The fourth-order valence-electron chi connectivity index (χ4n) is 1.51. The van der Waals surface area contributed by atoms with Crippen molar-refractivity contribution in [3.8, 4) is 0 Å². The van der Waals surface area contributed by atoms with Crippen LogP contribution in [0.2, 0.25) is 0 Å². The molecule has 0 aliphatic heterocycles. The molecule has 0 atom stereocenters. The normalized spacial score (nSPS) is 9.43. The van der Waals surface area contributed by atoms with E-state index in [9.17, 15) is 0 Å². The molecular weight excluding hydrogens is 245 g/mol. The molecule has 2 heteroatoms. The van der Waals surface area contributed by atoms with Gasteiger partial charge in [-0.25, -0.2) is 0 Å². The molecule has 0 fully saturated rings. The monoisotopic (exact) mass is 254 g/mol. The van der Waals surface area contributed by atoms with Crippen molar-refractivity contribution in [3.63, 3.8) is 0 Å². The van der Waals surface area contributed by atoms with Crippen LogP contribution in [0.15, 0.2) is 42.5 Å². The maximum atomic E-state index is 4.76. The summed E-state index contributed by atoms with van der Waals surface area (Å²) in [5, 5.41) is 2.63. The maximum absolute atomic E-state index is 4.76. The SMILES string of the molecule is [CH2-]Cc1cccc2ccccc12.[Cl][Zn+]. The molecule has 0 saturated heterocycles. The number of benzene rings is 2. The molecule has 0 aliphatic rings. The molecule has 68 valence electrons. The van der Waals surface area contributed by atoms with Crippen molar-refractivity contribution < 1.29 is 17.3 Å². The summed E-state index contributed by atoms with van der Waals surface area (Å²) in [5.74, 6) is 0. The summed E-state index contributed by atoms with van der Waals surface area (Å²) in [7, 11) is 4.76. The second-order valence-corrected chi connectivity index (χ2v) is 2.89. The zero-order valence-corrected chi connectivity index (χ0v) is 11.8. The van der Waals surface area contributed by atoms with E-state index >= 15 is 0 Å². The quantitative estimate of drug-likeness (QED) is 0.536. The third-order valence-electron chi connectivity index (χ3n) is 2.15. The molecular formula is C12H11ClZn. The Hall–Kier alpha value is -0.387. The van der Waals surface area contributed by atoms with E-state index < -0.39 is 0 Å². The van der Waals surface area contributed by atoms with E-state index in [0.717, 1.165) is 23.7 Å². The summed E-state index contributed by atoms with van der Waals surface area (Å²) in [6, 6.07) is 14.8. The predicted octanol–water partition coefficient (Wildman–Crippen LogP) is 3.90. The van der Waals surface area contributed by atoms with Gasteiger partial charge in [0.1, 0.15) is 0 Å². The first-order valence-corrected chi connectivity index (χ1v) is 8.34. The zero-order chi connectivity index (χ0) is 10.4. The summed E-state index contributed by atoms with van der Waals surface area (Å²) >= 11 is 0.847. The molecule has 0 nitrogen and oxygen atoms in total. The molecule has 0 heterocycles. The van der Waals surface area contributed by atoms with Crippen LogP contribution in [0.25, 0.3) is 10.8 Å². The molecule has 0 radical (unpaired) electrons. The van der Waals surface area contributed by atoms with Gasteiger partial charge >= 0.3 is 27.0 Å². The Bertz CT molecular complexity index is 393. The van der Waals surface area contributed by atoms with Crippen LogP contribution < -0.4 is 0 Å². The molecule has 2 aromatic carbocycles. The molecule has 0 aromatic heterocycles. The Morgan fingerprint density at radius 3 is 2.36 bits per heavy atom. The first-order valence-electron chi connectivity index (χ1n) is 4.44. The molecule has 2 aromatic rings. The van der Waals surface area contributed by atoms with Gasteiger partial charge in [0, 0.05) is 0 Å². The minimum atomic E-state index is 0.847. The van der Waals surface area contributed by atoms with Crippen LogP contribution in [0, 0.1) is 6.92 Å². The first kappa shape index (κ1) is 11.7. The van der Waals surface area contributed by atoms with Crippen LogP contribution in [-0.4, -0.2) is 0 Å². The number of fused-ring (bicyclic) bond motifs is 1. The second-order valence-electron chi connectivity index (χ2n) is 2.89. The Labute approximate surface area is 99.0 Å². The summed E-state index contributed by atoms with van der Waals surface area (Å²) in [4.78, 5) is 0. The van der Waals surface area contributed by atoms with E-state index in [2.05, 4.69) is 49.4 Å². The third kappa shape index (κ3) is 2.56. The average molecular weight is 256 g/mol. The van der Waals surface area contributed by atoms with Crippen LogP contribution in [0.4, 0.5) is 0 Å². The van der Waals surface area contributed by atoms with Crippen LogP contribution in [0.5, 0.6) is 0 Å². The topological polar surface area (TPSA) is 0 Å². The van der Waals surface area contributed by atoms with E-state index in [1.54, 1.807) is 0 Å². The Kier molecular flexibility index (Phi) is 5.15. The van der Waals surface area contributed by atoms with Crippen molar-refractivity contribution in [2.24, 2.45) is 0 Å². The number of halogens is 1. The van der Waals surface area contributed by atoms with Gasteiger partial charge in [0.15, 0.2) is 0 Å². The molecule has 0 saturated carbocycles. The van der Waals surface area contributed by atoms with Crippen molar-refractivity contribution in [1.29, 1.82) is 0 Å². The summed E-state index contributed by atoms with van der Waals surface area (Å²) in [5.41, 5.74) is 1.33. The molecule has 0 unspecified atom stereocenters. The van der Waals surface area contributed by atoms with Crippen LogP contribution in [-0.2, 0) is 23.7 Å². The number of hydrogen-bond donors (Lipinski definition) is 0. The van der Waals surface area contributed by atoms with E-state index in [0.29, 0.717) is 0 Å². The fourth-order valence-corrected chi connectivity index (χ4v) is 1.51. The standard InChI is InChI=1S/C12H11.ClH.Zn/c1-2-10-7-5-8-11-6-3-4-9-12(10)11;;/h3-9H,1-2H2;1H;/q-1;;+2/p-1. The molecule has 0 aliphatic carbocycles. The second kappa shape index (κ2) is 6.16. The van der Waals surface area contributed by atoms with E-state index in [1.807, 2.05) is 0 Å². The Morgan fingerprint density at radius 2 is 1.64 bits per heavy atom. The van der Waals surface area contributed by atoms with Crippen molar-refractivity contribution in [1.82, 2.24) is 0 Å². The predicted molar refractivity (Wildman–Crippen MR) is 58.9 cm³/mol. The molecule has 0 bridgehead atoms. The van der Waals surface area contributed by atoms with Gasteiger partial charge in [-0.1, -0.05) is 48.0 Å². The summed E-state index contributed by atoms with van der Waals surface area (Å²) in [6.45, 7) is 3.91. The van der Waals surface area contributed by atoms with E-state index in [4.69, 9.17) is 9.69 Å². The van der Waals surface area contributed by atoms with Crippen molar-refractivity contribution in [2.75, 3.05) is 0 Å². The van der Waals surface area contributed by atoms with Gasteiger partial charge in [-0.3, -0.25) is 0 Å². The Balaban J connectivity index is 0.000000461. The third-order valence-corrected chi connectivity index (χ3v) is 2.15. The van der Waals surface area contributed by atoms with E-state index in [-0.39, 0.29) is 0 Å². The van der Waals surface area contributed by atoms with Crippen LogP contribution in [0.1, 0.15) is 5.56 Å². The van der Waals surface area contributed by atoms with Crippen molar-refractivity contribution >= 4 is 20.5 Å². The molecule has 0 N–H and O–H groups in total. The minimum absolute atomic E-state index is 0.847. The van der Waals surface area contributed by atoms with Gasteiger partial charge in [0.05, 0.1) is 0 Å². The van der Waals surface area contributed by atoms with Gasteiger partial charge in [0.2, 0.25) is 0 Å². The number of rotatable bonds is 1. The van der Waals surface area contributed by atoms with Gasteiger partial charge in [-0.05, 0) is 10.8 Å². The van der Waals surface area contributed by atoms with Gasteiger partial charge in [0.25, 0.3) is 0 Å². The van der Waals surface area contributed by atoms with Gasteiger partial charge < -0.3 is 6.92 Å². The van der Waals surface area contributed by atoms with E-state index in [1.165, 1.54) is 16.3 Å². The zero-order valence-electron chi connectivity index (χ0n) is 8.04. The average Bonchev–Trinajstić information content (AvgIpc) is 2.31. The molecule has 0 spiro atoms. The molecule has 2 rings (SSSR count). The van der Waals surface area contributed by atoms with Gasteiger partial charge in [-0.2, -0.15) is 6.42 Å². The molecule has 14 heavy (non-hydrogen) atoms. The van der Waals surface area contributed by atoms with Crippen molar-refractivity contribution in [3.05, 3.63) is 55.0 Å². The fraction of sp³-hybridized carbons (Fsp3) is 0.0833. The first-order chi connectivity index (χ1) is 6.92. The summed E-state index contributed by atoms with van der Waals surface area (Å²) in [6.07, 6.45) is 0.862. The van der Waals surface area contributed by atoms with Crippen LogP contribution >= 0.6 is 9.69 Å². The summed E-state index contributed by atoms with van der Waals surface area (Å²) < 4.78 is 0. The van der Waals surface area contributed by atoms with Gasteiger partial charge in [-0.15, -0.1) is 0 Å². The molecule has 0 amide bonds. The number of hydrogen-bond acceptors (Lipinski definition) is 0. The van der Waals surface area contributed by atoms with Crippen molar-refractivity contribution in [2.45, 2.75) is 6.42 Å². The van der Waals surface area contributed by atoms with Crippen LogP contribution in [0.3, 0.4) is 0 Å². The Morgan fingerprint density at radius 1 is 1.00 bits per heavy atom.